The zero-order chi connectivity index (χ0) is 15.9. The fourth-order valence-corrected chi connectivity index (χ4v) is 3.38. The molecule has 23 heavy (non-hydrogen) atoms. The Labute approximate surface area is 140 Å². The smallest absolute Gasteiger partial charge is 0.230 e. The van der Waals surface area contributed by atoms with E-state index in [1.807, 2.05) is 36.5 Å². The summed E-state index contributed by atoms with van der Waals surface area (Å²) in [5, 5.41) is 4.23. The predicted molar refractivity (Wildman–Crippen MR) is 97.6 cm³/mol. The van der Waals surface area contributed by atoms with Crippen molar-refractivity contribution in [2.75, 3.05) is 12.3 Å². The number of thioether (sulfide) groups is 1. The lowest BCUT2D eigenvalue weighted by Crippen LogP contribution is -2.27. The second kappa shape index (κ2) is 7.88. The third kappa shape index (κ3) is 4.39. The van der Waals surface area contributed by atoms with Gasteiger partial charge in [0.15, 0.2) is 0 Å². The zero-order valence-electron chi connectivity index (χ0n) is 12.9. The first kappa shape index (κ1) is 15.7. The van der Waals surface area contributed by atoms with Gasteiger partial charge in [0.25, 0.3) is 0 Å². The highest BCUT2D eigenvalue weighted by atomic mass is 32.2. The van der Waals surface area contributed by atoms with E-state index >= 15 is 0 Å². The van der Waals surface area contributed by atoms with Gasteiger partial charge in [0.1, 0.15) is 0 Å². The van der Waals surface area contributed by atoms with Crippen molar-refractivity contribution in [2.45, 2.75) is 12.2 Å². The number of fused-ring (bicyclic) bond motifs is 1. The monoisotopic (exact) mass is 324 g/mol. The second-order valence-corrected chi connectivity index (χ2v) is 6.42. The molecule has 3 rings (SSSR count). The Morgan fingerprint density at radius 3 is 2.70 bits per heavy atom. The lowest BCUT2D eigenvalue weighted by atomic mass is 10.1. The summed E-state index contributed by atoms with van der Waals surface area (Å²) < 4.78 is 0. The van der Waals surface area contributed by atoms with Gasteiger partial charge in [-0.2, -0.15) is 0 Å². The molecular formula is C19H20N2OS. The zero-order valence-corrected chi connectivity index (χ0v) is 13.7. The van der Waals surface area contributed by atoms with Gasteiger partial charge in [-0.3, -0.25) is 4.79 Å². The number of benzene rings is 2. The van der Waals surface area contributed by atoms with Crippen LogP contribution in [0.25, 0.3) is 10.9 Å². The van der Waals surface area contributed by atoms with Crippen LogP contribution < -0.4 is 5.32 Å². The van der Waals surface area contributed by atoms with Crippen LogP contribution in [-0.2, 0) is 17.0 Å². The Kier molecular flexibility index (Phi) is 5.37. The first-order chi connectivity index (χ1) is 11.3. The van der Waals surface area contributed by atoms with Crippen molar-refractivity contribution in [2.24, 2.45) is 0 Å². The van der Waals surface area contributed by atoms with Crippen LogP contribution in [0.15, 0.2) is 60.8 Å². The van der Waals surface area contributed by atoms with Gasteiger partial charge >= 0.3 is 0 Å². The van der Waals surface area contributed by atoms with Gasteiger partial charge in [0.05, 0.1) is 5.75 Å². The molecule has 0 aliphatic carbocycles. The first-order valence-corrected chi connectivity index (χ1v) is 8.92. The molecule has 0 fully saturated rings. The number of H-pyrrole nitrogens is 1. The van der Waals surface area contributed by atoms with Crippen LogP contribution in [0.5, 0.6) is 0 Å². The molecule has 0 saturated carbocycles. The molecule has 1 heterocycles. The second-order valence-electron chi connectivity index (χ2n) is 5.44. The van der Waals surface area contributed by atoms with Gasteiger partial charge in [-0.05, 0) is 23.6 Å². The topological polar surface area (TPSA) is 44.9 Å². The minimum absolute atomic E-state index is 0.103. The molecule has 1 aromatic heterocycles. The number of aromatic nitrogens is 1. The number of hydrogen-bond donors (Lipinski definition) is 2. The summed E-state index contributed by atoms with van der Waals surface area (Å²) in [5.74, 6) is 1.48. The van der Waals surface area contributed by atoms with E-state index in [0.29, 0.717) is 12.3 Å². The Morgan fingerprint density at radius 1 is 1.04 bits per heavy atom. The number of amides is 1. The number of para-hydroxylation sites is 1. The summed E-state index contributed by atoms with van der Waals surface area (Å²) in [4.78, 5) is 15.1. The number of rotatable bonds is 7. The van der Waals surface area contributed by atoms with Crippen molar-refractivity contribution in [3.8, 4) is 0 Å². The van der Waals surface area contributed by atoms with Crippen LogP contribution in [0.1, 0.15) is 11.1 Å². The minimum atomic E-state index is 0.103. The highest BCUT2D eigenvalue weighted by Crippen LogP contribution is 2.17. The highest BCUT2D eigenvalue weighted by Gasteiger charge is 2.05. The lowest BCUT2D eigenvalue weighted by molar-refractivity contribution is -0.118. The molecule has 4 heteroatoms. The maximum absolute atomic E-state index is 11.9. The van der Waals surface area contributed by atoms with Crippen LogP contribution in [0, 0.1) is 0 Å². The molecule has 0 aliphatic heterocycles. The maximum atomic E-state index is 11.9. The Balaban J connectivity index is 1.39. The molecular weight excluding hydrogens is 304 g/mol. The van der Waals surface area contributed by atoms with E-state index in [0.717, 1.165) is 17.7 Å². The van der Waals surface area contributed by atoms with E-state index in [9.17, 15) is 4.79 Å². The summed E-state index contributed by atoms with van der Waals surface area (Å²) in [6.07, 6.45) is 2.88. The van der Waals surface area contributed by atoms with E-state index in [2.05, 4.69) is 34.6 Å². The number of aromatic amines is 1. The van der Waals surface area contributed by atoms with Gasteiger partial charge in [0, 0.05) is 29.4 Å². The summed E-state index contributed by atoms with van der Waals surface area (Å²) in [7, 11) is 0. The largest absolute Gasteiger partial charge is 0.361 e. The predicted octanol–water partition coefficient (Wildman–Crippen LogP) is 3.76. The third-order valence-electron chi connectivity index (χ3n) is 3.74. The highest BCUT2D eigenvalue weighted by molar-refractivity contribution is 7.99. The van der Waals surface area contributed by atoms with Gasteiger partial charge in [-0.1, -0.05) is 48.5 Å². The number of carbonyl (C=O) groups is 1. The molecule has 0 spiro atoms. The molecule has 2 N–H and O–H groups in total. The standard InChI is InChI=1S/C19H20N2OS/c22-19(14-23-13-15-6-2-1-3-7-15)20-11-10-16-12-21-18-9-5-4-8-17(16)18/h1-9,12,21H,10-11,13-14H2,(H,20,22). The van der Waals surface area contributed by atoms with Crippen molar-refractivity contribution < 1.29 is 4.79 Å². The normalized spacial score (nSPS) is 10.8. The lowest BCUT2D eigenvalue weighted by Gasteiger charge is -2.05. The SMILES string of the molecule is O=C(CSCc1ccccc1)NCCc1c[nH]c2ccccc12. The molecule has 0 bridgehead atoms. The fourth-order valence-electron chi connectivity index (χ4n) is 2.56. The van der Waals surface area contributed by atoms with Crippen LogP contribution in [0.3, 0.4) is 0 Å². The molecule has 118 valence electrons. The summed E-state index contributed by atoms with van der Waals surface area (Å²) in [6, 6.07) is 18.5. The van der Waals surface area contributed by atoms with E-state index in [-0.39, 0.29) is 5.91 Å². The van der Waals surface area contributed by atoms with Crippen LogP contribution in [0.2, 0.25) is 0 Å². The summed E-state index contributed by atoms with van der Waals surface area (Å²) >= 11 is 1.65. The van der Waals surface area contributed by atoms with Gasteiger partial charge in [-0.25, -0.2) is 0 Å². The van der Waals surface area contributed by atoms with E-state index in [4.69, 9.17) is 0 Å². The average Bonchev–Trinajstić information content (AvgIpc) is 2.99. The summed E-state index contributed by atoms with van der Waals surface area (Å²) in [5.41, 5.74) is 3.65. The first-order valence-electron chi connectivity index (χ1n) is 7.76. The molecule has 0 saturated heterocycles. The van der Waals surface area contributed by atoms with Gasteiger partial charge in [0.2, 0.25) is 5.91 Å². The molecule has 3 aromatic rings. The molecule has 3 nitrogen and oxygen atoms in total. The average molecular weight is 324 g/mol. The molecule has 1 amide bonds. The van der Waals surface area contributed by atoms with Crippen molar-refractivity contribution in [1.29, 1.82) is 0 Å². The Bertz CT molecular complexity index is 767. The molecule has 2 aromatic carbocycles. The van der Waals surface area contributed by atoms with Crippen molar-refractivity contribution in [3.05, 3.63) is 71.9 Å². The van der Waals surface area contributed by atoms with Crippen molar-refractivity contribution >= 4 is 28.6 Å². The number of nitrogens with one attached hydrogen (secondary N) is 2. The van der Waals surface area contributed by atoms with Gasteiger partial charge < -0.3 is 10.3 Å². The van der Waals surface area contributed by atoms with E-state index < -0.39 is 0 Å². The molecule has 0 radical (unpaired) electrons. The Morgan fingerprint density at radius 2 is 1.83 bits per heavy atom. The minimum Gasteiger partial charge on any atom is -0.361 e. The van der Waals surface area contributed by atoms with Crippen LogP contribution in [-0.4, -0.2) is 23.2 Å². The van der Waals surface area contributed by atoms with Gasteiger partial charge in [-0.15, -0.1) is 11.8 Å². The molecule has 0 aliphatic rings. The Hall–Kier alpha value is -2.20. The van der Waals surface area contributed by atoms with Crippen molar-refractivity contribution in [3.63, 3.8) is 0 Å². The quantitative estimate of drug-likeness (QED) is 0.695. The van der Waals surface area contributed by atoms with Crippen LogP contribution in [0.4, 0.5) is 0 Å². The summed E-state index contributed by atoms with van der Waals surface area (Å²) in [6.45, 7) is 0.673. The van der Waals surface area contributed by atoms with Crippen molar-refractivity contribution in [1.82, 2.24) is 10.3 Å². The molecule has 0 atom stereocenters. The van der Waals surface area contributed by atoms with E-state index in [1.54, 1.807) is 11.8 Å². The third-order valence-corrected chi connectivity index (χ3v) is 4.74. The fraction of sp³-hybridized carbons (Fsp3) is 0.211. The molecule has 0 unspecified atom stereocenters. The van der Waals surface area contributed by atoms with E-state index in [1.165, 1.54) is 16.5 Å². The number of carbonyl (C=O) groups excluding carboxylic acids is 1. The number of hydrogen-bond acceptors (Lipinski definition) is 2. The van der Waals surface area contributed by atoms with Crippen LogP contribution >= 0.6 is 11.8 Å². The maximum Gasteiger partial charge on any atom is 0.230 e.